The Morgan fingerprint density at radius 2 is 2.07 bits per heavy atom. The number of halogens is 1. The molecule has 0 aliphatic heterocycles. The second-order valence-electron chi connectivity index (χ2n) is 4.66. The number of rotatable bonds is 2. The number of carboxylic acids is 1. The summed E-state index contributed by atoms with van der Waals surface area (Å²) in [6, 6.07) is 0. The van der Waals surface area contributed by atoms with Crippen molar-refractivity contribution in [1.29, 1.82) is 0 Å². The van der Waals surface area contributed by atoms with E-state index in [-0.39, 0.29) is 0 Å². The summed E-state index contributed by atoms with van der Waals surface area (Å²) in [5.74, 6) is -1.10. The number of hydrogen-bond acceptors (Lipinski definition) is 1. The molecule has 0 bridgehead atoms. The van der Waals surface area contributed by atoms with Crippen molar-refractivity contribution in [2.45, 2.75) is 46.0 Å². The molecular formula is C12H19FO2. The van der Waals surface area contributed by atoms with Crippen LogP contribution in [0.25, 0.3) is 0 Å². The summed E-state index contributed by atoms with van der Waals surface area (Å²) in [5, 5.41) is 8.57. The van der Waals surface area contributed by atoms with Gasteiger partial charge in [0.1, 0.15) is 0 Å². The summed E-state index contributed by atoms with van der Waals surface area (Å²) in [7, 11) is 0. The minimum atomic E-state index is -1.41. The molecule has 1 N–H and O–H groups in total. The lowest BCUT2D eigenvalue weighted by Gasteiger charge is -2.17. The lowest BCUT2D eigenvalue weighted by Crippen LogP contribution is -2.06. The average molecular weight is 214 g/mol. The first-order chi connectivity index (χ1) is 7.02. The van der Waals surface area contributed by atoms with Gasteiger partial charge < -0.3 is 5.11 Å². The van der Waals surface area contributed by atoms with E-state index in [9.17, 15) is 9.18 Å². The highest BCUT2D eigenvalue weighted by Crippen LogP contribution is 2.32. The smallest absolute Gasteiger partial charge is 0.364 e. The Kier molecular flexibility index (Phi) is 4.30. The third kappa shape index (κ3) is 3.33. The van der Waals surface area contributed by atoms with Crippen LogP contribution in [-0.4, -0.2) is 11.1 Å². The molecule has 3 heteroatoms. The van der Waals surface area contributed by atoms with Crippen LogP contribution in [0.2, 0.25) is 0 Å². The van der Waals surface area contributed by atoms with Gasteiger partial charge in [-0.15, -0.1) is 0 Å². The van der Waals surface area contributed by atoms with Crippen LogP contribution in [0.4, 0.5) is 4.39 Å². The first kappa shape index (κ1) is 12.2. The van der Waals surface area contributed by atoms with Crippen LogP contribution in [0.15, 0.2) is 11.4 Å². The van der Waals surface area contributed by atoms with Crippen molar-refractivity contribution in [1.82, 2.24) is 0 Å². The zero-order chi connectivity index (χ0) is 11.4. The highest BCUT2D eigenvalue weighted by Gasteiger charge is 2.21. The van der Waals surface area contributed by atoms with E-state index in [4.69, 9.17) is 5.11 Å². The fourth-order valence-corrected chi connectivity index (χ4v) is 2.24. The maximum absolute atomic E-state index is 13.2. The SMILES string of the molecule is CC(C)C1CCCC(=C(F)C(=O)O)CC1. The van der Waals surface area contributed by atoms with Crippen LogP contribution in [-0.2, 0) is 4.79 Å². The van der Waals surface area contributed by atoms with E-state index in [1.54, 1.807) is 0 Å². The number of allylic oxidation sites excluding steroid dienone is 1. The Balaban J connectivity index is 2.68. The molecule has 1 atom stereocenters. The van der Waals surface area contributed by atoms with E-state index in [1.165, 1.54) is 0 Å². The van der Waals surface area contributed by atoms with E-state index < -0.39 is 11.8 Å². The molecule has 86 valence electrons. The molecule has 1 aliphatic rings. The largest absolute Gasteiger partial charge is 0.476 e. The van der Waals surface area contributed by atoms with Crippen LogP contribution in [0.5, 0.6) is 0 Å². The van der Waals surface area contributed by atoms with Gasteiger partial charge in [-0.2, -0.15) is 4.39 Å². The summed E-state index contributed by atoms with van der Waals surface area (Å²) in [6.07, 6.45) is 4.16. The topological polar surface area (TPSA) is 37.3 Å². The fourth-order valence-electron chi connectivity index (χ4n) is 2.24. The molecule has 0 amide bonds. The lowest BCUT2D eigenvalue weighted by molar-refractivity contribution is -0.134. The van der Waals surface area contributed by atoms with Crippen molar-refractivity contribution in [2.75, 3.05) is 0 Å². The van der Waals surface area contributed by atoms with Gasteiger partial charge in [-0.1, -0.05) is 13.8 Å². The van der Waals surface area contributed by atoms with E-state index in [0.717, 1.165) is 19.3 Å². The van der Waals surface area contributed by atoms with Gasteiger partial charge in [0.05, 0.1) is 0 Å². The number of carbonyl (C=O) groups is 1. The third-order valence-electron chi connectivity index (χ3n) is 3.31. The summed E-state index contributed by atoms with van der Waals surface area (Å²) >= 11 is 0. The number of aliphatic carboxylic acids is 1. The number of carboxylic acid groups (broad SMARTS) is 1. The molecule has 1 rings (SSSR count). The van der Waals surface area contributed by atoms with Crippen molar-refractivity contribution in [3.05, 3.63) is 11.4 Å². The Hall–Kier alpha value is -0.860. The van der Waals surface area contributed by atoms with Gasteiger partial charge in [-0.05, 0) is 49.5 Å². The molecule has 1 unspecified atom stereocenters. The van der Waals surface area contributed by atoms with E-state index in [1.807, 2.05) is 0 Å². The van der Waals surface area contributed by atoms with Gasteiger partial charge in [-0.25, -0.2) is 4.79 Å². The van der Waals surface area contributed by atoms with Gasteiger partial charge in [0.15, 0.2) is 0 Å². The predicted octanol–water partition coefficient (Wildman–Crippen LogP) is 3.53. The molecule has 0 aromatic rings. The Labute approximate surface area is 90.2 Å². The minimum Gasteiger partial charge on any atom is -0.476 e. The van der Waals surface area contributed by atoms with Gasteiger partial charge in [0.25, 0.3) is 0 Å². The molecule has 0 heterocycles. The molecular weight excluding hydrogens is 195 g/mol. The molecule has 1 saturated carbocycles. The zero-order valence-corrected chi connectivity index (χ0v) is 9.42. The molecule has 2 nitrogen and oxygen atoms in total. The monoisotopic (exact) mass is 214 g/mol. The van der Waals surface area contributed by atoms with Gasteiger partial charge >= 0.3 is 5.97 Å². The molecule has 0 aromatic carbocycles. The van der Waals surface area contributed by atoms with Crippen LogP contribution < -0.4 is 0 Å². The molecule has 0 radical (unpaired) electrons. The summed E-state index contributed by atoms with van der Waals surface area (Å²) in [4.78, 5) is 10.5. The van der Waals surface area contributed by atoms with Gasteiger partial charge in [-0.3, -0.25) is 0 Å². The minimum absolute atomic E-state index is 0.505. The third-order valence-corrected chi connectivity index (χ3v) is 3.31. The standard InChI is InChI=1S/C12H19FO2/c1-8(2)9-4-3-5-10(7-6-9)11(13)12(14)15/h8-9H,3-7H2,1-2H3,(H,14,15). The second-order valence-corrected chi connectivity index (χ2v) is 4.66. The van der Waals surface area contributed by atoms with E-state index in [0.29, 0.717) is 30.3 Å². The van der Waals surface area contributed by atoms with Crippen LogP contribution in [0.3, 0.4) is 0 Å². The highest BCUT2D eigenvalue weighted by molar-refractivity contribution is 5.84. The Bertz CT molecular complexity index is 269. The normalized spacial score (nSPS) is 26.3. The average Bonchev–Trinajstić information content (AvgIpc) is 2.41. The second kappa shape index (κ2) is 5.29. The van der Waals surface area contributed by atoms with Gasteiger partial charge in [0, 0.05) is 0 Å². The Morgan fingerprint density at radius 3 is 2.60 bits per heavy atom. The van der Waals surface area contributed by atoms with E-state index >= 15 is 0 Å². The van der Waals surface area contributed by atoms with Crippen molar-refractivity contribution < 1.29 is 14.3 Å². The van der Waals surface area contributed by atoms with E-state index in [2.05, 4.69) is 13.8 Å². The molecule has 1 aliphatic carbocycles. The van der Waals surface area contributed by atoms with Crippen LogP contribution in [0, 0.1) is 11.8 Å². The van der Waals surface area contributed by atoms with Gasteiger partial charge in [0.2, 0.25) is 5.83 Å². The fraction of sp³-hybridized carbons (Fsp3) is 0.750. The van der Waals surface area contributed by atoms with Crippen molar-refractivity contribution in [3.8, 4) is 0 Å². The summed E-state index contributed by atoms with van der Waals surface area (Å²) in [5.41, 5.74) is 0.505. The molecule has 0 saturated heterocycles. The first-order valence-corrected chi connectivity index (χ1v) is 5.63. The number of hydrogen-bond donors (Lipinski definition) is 1. The summed E-state index contributed by atoms with van der Waals surface area (Å²) in [6.45, 7) is 4.35. The van der Waals surface area contributed by atoms with Crippen molar-refractivity contribution in [2.24, 2.45) is 11.8 Å². The first-order valence-electron chi connectivity index (χ1n) is 5.63. The Morgan fingerprint density at radius 1 is 1.40 bits per heavy atom. The quantitative estimate of drug-likeness (QED) is 0.564. The van der Waals surface area contributed by atoms with Crippen molar-refractivity contribution >= 4 is 5.97 Å². The van der Waals surface area contributed by atoms with Crippen LogP contribution in [0.1, 0.15) is 46.0 Å². The lowest BCUT2D eigenvalue weighted by atomic mass is 9.89. The maximum atomic E-state index is 13.2. The summed E-state index contributed by atoms with van der Waals surface area (Å²) < 4.78 is 13.2. The molecule has 0 aromatic heterocycles. The van der Waals surface area contributed by atoms with Crippen molar-refractivity contribution in [3.63, 3.8) is 0 Å². The molecule has 15 heavy (non-hydrogen) atoms. The maximum Gasteiger partial charge on any atom is 0.364 e. The molecule has 1 fully saturated rings. The zero-order valence-electron chi connectivity index (χ0n) is 9.42. The highest BCUT2D eigenvalue weighted by atomic mass is 19.1. The molecule has 0 spiro atoms. The predicted molar refractivity (Wildman–Crippen MR) is 57.2 cm³/mol. The van der Waals surface area contributed by atoms with Crippen LogP contribution >= 0.6 is 0 Å².